The van der Waals surface area contributed by atoms with Gasteiger partial charge in [0.05, 0.1) is 5.60 Å². The number of carbonyl (C=O) groups excluding carboxylic acids is 1. The molecule has 1 N–H and O–H groups in total. The fraction of sp³-hybridized carbons (Fsp3) is 0.900. The molecule has 1 atom stereocenters. The van der Waals surface area contributed by atoms with Gasteiger partial charge in [-0.2, -0.15) is 0 Å². The van der Waals surface area contributed by atoms with E-state index in [9.17, 15) is 9.90 Å². The Morgan fingerprint density at radius 3 is 2.33 bits per heavy atom. The average molecular weight is 172 g/mol. The zero-order valence-electron chi connectivity index (χ0n) is 8.39. The fourth-order valence-electron chi connectivity index (χ4n) is 1.42. The summed E-state index contributed by atoms with van der Waals surface area (Å²) in [4.78, 5) is 11.2. The standard InChI is InChI=1S/C10H20O2/c1-4-6-9(11)8-10(3,12)7-5-2/h12H,4-8H2,1-3H3. The van der Waals surface area contributed by atoms with Gasteiger partial charge in [-0.05, 0) is 19.8 Å². The Morgan fingerprint density at radius 2 is 1.92 bits per heavy atom. The van der Waals surface area contributed by atoms with Crippen LogP contribution in [0.4, 0.5) is 0 Å². The molecule has 0 aromatic rings. The van der Waals surface area contributed by atoms with Crippen molar-refractivity contribution in [2.24, 2.45) is 0 Å². The molecule has 0 fully saturated rings. The first kappa shape index (κ1) is 11.6. The van der Waals surface area contributed by atoms with Crippen LogP contribution in [0.3, 0.4) is 0 Å². The minimum Gasteiger partial charge on any atom is -0.390 e. The molecule has 2 heteroatoms. The van der Waals surface area contributed by atoms with Gasteiger partial charge in [-0.15, -0.1) is 0 Å². The molecule has 0 heterocycles. The molecule has 0 saturated heterocycles. The van der Waals surface area contributed by atoms with E-state index in [1.54, 1.807) is 6.92 Å². The molecule has 0 aliphatic heterocycles. The zero-order chi connectivity index (χ0) is 9.61. The maximum atomic E-state index is 11.2. The van der Waals surface area contributed by atoms with Crippen molar-refractivity contribution >= 4 is 5.78 Å². The lowest BCUT2D eigenvalue weighted by Crippen LogP contribution is -2.27. The van der Waals surface area contributed by atoms with Crippen LogP contribution in [0.25, 0.3) is 0 Å². The third-order valence-electron chi connectivity index (χ3n) is 1.90. The van der Waals surface area contributed by atoms with E-state index in [0.717, 1.165) is 12.8 Å². The van der Waals surface area contributed by atoms with Crippen molar-refractivity contribution in [1.82, 2.24) is 0 Å². The molecule has 0 saturated carbocycles. The van der Waals surface area contributed by atoms with E-state index in [0.29, 0.717) is 19.3 Å². The maximum absolute atomic E-state index is 11.2. The lowest BCUT2D eigenvalue weighted by atomic mass is 9.93. The minimum absolute atomic E-state index is 0.177. The second-order valence-electron chi connectivity index (χ2n) is 3.71. The van der Waals surface area contributed by atoms with Gasteiger partial charge in [-0.25, -0.2) is 0 Å². The van der Waals surface area contributed by atoms with Crippen LogP contribution in [0.15, 0.2) is 0 Å². The highest BCUT2D eigenvalue weighted by Crippen LogP contribution is 2.17. The zero-order valence-corrected chi connectivity index (χ0v) is 8.39. The monoisotopic (exact) mass is 172 g/mol. The Kier molecular flexibility index (Phi) is 5.14. The minimum atomic E-state index is -0.777. The molecule has 0 rings (SSSR count). The number of hydrogen-bond acceptors (Lipinski definition) is 2. The third-order valence-corrected chi connectivity index (χ3v) is 1.90. The summed E-state index contributed by atoms with van der Waals surface area (Å²) in [5, 5.41) is 9.69. The van der Waals surface area contributed by atoms with Crippen molar-refractivity contribution in [1.29, 1.82) is 0 Å². The smallest absolute Gasteiger partial charge is 0.135 e. The van der Waals surface area contributed by atoms with Crippen LogP contribution < -0.4 is 0 Å². The van der Waals surface area contributed by atoms with Crippen LogP contribution in [0.2, 0.25) is 0 Å². The number of hydrogen-bond donors (Lipinski definition) is 1. The molecule has 0 amide bonds. The van der Waals surface area contributed by atoms with E-state index in [1.165, 1.54) is 0 Å². The SMILES string of the molecule is CCCC(=O)CC(C)(O)CCC. The first-order chi connectivity index (χ1) is 5.52. The third kappa shape index (κ3) is 5.30. The molecular weight excluding hydrogens is 152 g/mol. The van der Waals surface area contributed by atoms with Gasteiger partial charge in [-0.1, -0.05) is 20.3 Å². The van der Waals surface area contributed by atoms with Gasteiger partial charge in [0.2, 0.25) is 0 Å². The highest BCUT2D eigenvalue weighted by molar-refractivity contribution is 5.79. The summed E-state index contributed by atoms with van der Waals surface area (Å²) in [6, 6.07) is 0. The Labute approximate surface area is 75.0 Å². The van der Waals surface area contributed by atoms with Gasteiger partial charge in [-0.3, -0.25) is 4.79 Å². The van der Waals surface area contributed by atoms with Gasteiger partial charge < -0.3 is 5.11 Å². The van der Waals surface area contributed by atoms with Gasteiger partial charge in [0.1, 0.15) is 5.78 Å². The molecule has 0 aliphatic carbocycles. The quantitative estimate of drug-likeness (QED) is 0.667. The predicted molar refractivity (Wildman–Crippen MR) is 50.1 cm³/mol. The Morgan fingerprint density at radius 1 is 1.33 bits per heavy atom. The van der Waals surface area contributed by atoms with Crippen LogP contribution >= 0.6 is 0 Å². The molecule has 1 unspecified atom stereocenters. The molecular formula is C10H20O2. The molecule has 0 aliphatic rings. The van der Waals surface area contributed by atoms with Crippen LogP contribution in [-0.4, -0.2) is 16.5 Å². The molecule has 0 aromatic heterocycles. The molecule has 0 spiro atoms. The second-order valence-corrected chi connectivity index (χ2v) is 3.71. The molecule has 0 radical (unpaired) electrons. The number of ketones is 1. The molecule has 0 bridgehead atoms. The van der Waals surface area contributed by atoms with E-state index in [4.69, 9.17) is 0 Å². The van der Waals surface area contributed by atoms with Gasteiger partial charge in [0.15, 0.2) is 0 Å². The summed E-state index contributed by atoms with van der Waals surface area (Å²) in [6.07, 6.45) is 3.42. The average Bonchev–Trinajstić information content (AvgIpc) is 1.85. The van der Waals surface area contributed by atoms with Gasteiger partial charge >= 0.3 is 0 Å². The Bertz CT molecular complexity index is 139. The number of carbonyl (C=O) groups is 1. The summed E-state index contributed by atoms with van der Waals surface area (Å²) in [5.41, 5.74) is -0.777. The summed E-state index contributed by atoms with van der Waals surface area (Å²) >= 11 is 0. The van der Waals surface area contributed by atoms with Crippen molar-refractivity contribution < 1.29 is 9.90 Å². The van der Waals surface area contributed by atoms with Crippen molar-refractivity contribution in [3.8, 4) is 0 Å². The highest BCUT2D eigenvalue weighted by Gasteiger charge is 2.22. The summed E-state index contributed by atoms with van der Waals surface area (Å²) in [6.45, 7) is 5.73. The topological polar surface area (TPSA) is 37.3 Å². The van der Waals surface area contributed by atoms with E-state index in [1.807, 2.05) is 13.8 Å². The van der Waals surface area contributed by atoms with Crippen molar-refractivity contribution in [2.75, 3.05) is 0 Å². The normalized spacial score (nSPS) is 15.7. The van der Waals surface area contributed by atoms with E-state index in [2.05, 4.69) is 0 Å². The van der Waals surface area contributed by atoms with E-state index < -0.39 is 5.60 Å². The highest BCUT2D eigenvalue weighted by atomic mass is 16.3. The summed E-state index contributed by atoms with van der Waals surface area (Å²) in [7, 11) is 0. The molecule has 0 aromatic carbocycles. The van der Waals surface area contributed by atoms with Gasteiger partial charge in [0, 0.05) is 12.8 Å². The first-order valence-electron chi connectivity index (χ1n) is 4.76. The van der Waals surface area contributed by atoms with Crippen LogP contribution in [-0.2, 0) is 4.79 Å². The summed E-state index contributed by atoms with van der Waals surface area (Å²) < 4.78 is 0. The Hall–Kier alpha value is -0.370. The maximum Gasteiger partial charge on any atom is 0.135 e. The molecule has 12 heavy (non-hydrogen) atoms. The van der Waals surface area contributed by atoms with Crippen molar-refractivity contribution in [3.05, 3.63) is 0 Å². The second kappa shape index (κ2) is 5.31. The largest absolute Gasteiger partial charge is 0.390 e. The summed E-state index contributed by atoms with van der Waals surface area (Å²) in [5.74, 6) is 0.177. The van der Waals surface area contributed by atoms with E-state index >= 15 is 0 Å². The fourth-order valence-corrected chi connectivity index (χ4v) is 1.42. The van der Waals surface area contributed by atoms with E-state index in [-0.39, 0.29) is 5.78 Å². The molecule has 72 valence electrons. The van der Waals surface area contributed by atoms with Crippen LogP contribution in [0.5, 0.6) is 0 Å². The number of rotatable bonds is 6. The van der Waals surface area contributed by atoms with Crippen LogP contribution in [0.1, 0.15) is 52.9 Å². The molecule has 2 nitrogen and oxygen atoms in total. The Balaban J connectivity index is 3.79. The van der Waals surface area contributed by atoms with Gasteiger partial charge in [0.25, 0.3) is 0 Å². The van der Waals surface area contributed by atoms with Crippen LogP contribution in [0, 0.1) is 0 Å². The van der Waals surface area contributed by atoms with Crippen molar-refractivity contribution in [2.45, 2.75) is 58.5 Å². The lowest BCUT2D eigenvalue weighted by molar-refractivity contribution is -0.123. The number of aliphatic hydroxyl groups is 1. The van der Waals surface area contributed by atoms with Crippen molar-refractivity contribution in [3.63, 3.8) is 0 Å². The first-order valence-corrected chi connectivity index (χ1v) is 4.76. The lowest BCUT2D eigenvalue weighted by Gasteiger charge is -2.21. The number of Topliss-reactive ketones (excluding diaryl/α,β-unsaturated/α-hetero) is 1. The predicted octanol–water partition coefficient (Wildman–Crippen LogP) is 2.30.